The van der Waals surface area contributed by atoms with E-state index in [1.807, 2.05) is 236 Å². The first-order chi connectivity index (χ1) is 66.2. The molecule has 4 aliphatic rings. The Morgan fingerprint density at radius 3 is 1.47 bits per heavy atom. The maximum atomic E-state index is 13.1. The molecule has 18 rings (SSSR count). The first-order valence-corrected chi connectivity index (χ1v) is 55.7. The minimum atomic E-state index is -1.88. The number of allylic oxidation sites excluding steroid dienone is 4. The Hall–Kier alpha value is -11.1. The lowest BCUT2D eigenvalue weighted by Gasteiger charge is -2.36. The zero-order valence-corrected chi connectivity index (χ0v) is 92.3. The third-order valence-corrected chi connectivity index (χ3v) is 36.2. The molecule has 25 nitrogen and oxygen atoms in total. The number of aromatic amines is 3. The zero-order chi connectivity index (χ0) is 103. The number of carbonyl (C=O) groups is 6. The van der Waals surface area contributed by atoms with Gasteiger partial charge in [0.2, 0.25) is 0 Å². The molecule has 9 N–H and O–H groups in total. The maximum Gasteiger partial charge on any atom is 0.506 e. The van der Waals surface area contributed by atoms with Gasteiger partial charge in [0.1, 0.15) is 22.0 Å². The van der Waals surface area contributed by atoms with Crippen LogP contribution in [-0.2, 0) is 58.9 Å². The summed E-state index contributed by atoms with van der Waals surface area (Å²) in [6.07, 6.45) is 25.0. The summed E-state index contributed by atoms with van der Waals surface area (Å²) in [5.41, 5.74) is 9.39. The number of rotatable bonds is 11. The number of aliphatic hydroxyl groups excluding tert-OH is 1. The lowest BCUT2D eigenvalue weighted by molar-refractivity contribution is -0.118. The van der Waals surface area contributed by atoms with E-state index in [1.54, 1.807) is 68.1 Å². The number of pyridine rings is 2. The second-order valence-corrected chi connectivity index (χ2v) is 53.8. The summed E-state index contributed by atoms with van der Waals surface area (Å²) in [6, 6.07) is 57.5. The SMILES string of the molecule is CC(C)(C)OC(=O)n1c(B(O)O)cc2cc(CO[Si](C)(C)C(C)(C)C)ccc21.CC(C)(C)OC(=O)n1ccc2cc(CO[Si](C)(C)C(C)(C)C)ccc21.CCc1ccc2c(c1)cc(-c1cc3ccccc3[nH]c1=O)n2C(=O)OC(C)(C)C.Clc1nc2ccccc2cc1I.O=C(O)c1ccc2[nH]ccc2c1.O=C1NC2C=CC=CC2C=C1I.O=C1NC2C=CC=CC2C=C1I.OCc1ccc2[nH]ccc2c1. The predicted molar refractivity (Wildman–Crippen MR) is 598 cm³/mol. The zero-order valence-electron chi connectivity index (χ0n) is 83.0. The summed E-state index contributed by atoms with van der Waals surface area (Å²) in [5, 5.41) is 50.4. The average molecular weight is 2300 g/mol. The molecule has 2 aliphatic heterocycles. The van der Waals surface area contributed by atoms with Crippen LogP contribution in [0.2, 0.25) is 41.4 Å². The summed E-state index contributed by atoms with van der Waals surface area (Å²) in [7, 11) is -5.44. The molecular weight excluding hydrogens is 2170 g/mol. The molecule has 141 heavy (non-hydrogen) atoms. The first kappa shape index (κ1) is 110. The number of carboxylic acids is 1. The summed E-state index contributed by atoms with van der Waals surface area (Å²) >= 11 is 12.2. The third kappa shape index (κ3) is 29.8. The Balaban J connectivity index is 0.000000159. The van der Waals surface area contributed by atoms with E-state index in [4.69, 9.17) is 44.9 Å². The number of nitrogens with one attached hydrogen (secondary N) is 5. The molecule has 0 fully saturated rings. The first-order valence-electron chi connectivity index (χ1n) is 46.3. The number of amides is 2. The molecule has 7 aromatic heterocycles. The van der Waals surface area contributed by atoms with Gasteiger partial charge in [0, 0.05) is 73.9 Å². The molecule has 14 aromatic rings. The normalized spacial score (nSPS) is 15.5. The quantitative estimate of drug-likeness (QED) is 0.0251. The molecule has 4 unspecified atom stereocenters. The second kappa shape index (κ2) is 47.0. The Morgan fingerprint density at radius 1 is 0.482 bits per heavy atom. The number of para-hydroxylation sites is 2. The number of aryl methyl sites for hydroxylation is 1. The monoisotopic (exact) mass is 2300 g/mol. The van der Waals surface area contributed by atoms with Crippen LogP contribution in [0.25, 0.3) is 87.6 Å². The Bertz CT molecular complexity index is 7080. The number of carboxylic acid groups (broad SMARTS) is 1. The van der Waals surface area contributed by atoms with E-state index in [2.05, 4.69) is 197 Å². The molecule has 0 radical (unpaired) electrons. The summed E-state index contributed by atoms with van der Waals surface area (Å²) in [4.78, 5) is 97.1. The molecule has 0 bridgehead atoms. The second-order valence-electron chi connectivity index (χ2n) is 40.3. The predicted octanol–water partition coefficient (Wildman–Crippen LogP) is 25.2. The molecular formula is C109H124BClI3N9O16Si2. The molecule has 9 heterocycles. The van der Waals surface area contributed by atoms with Crippen LogP contribution in [0.4, 0.5) is 14.4 Å². The fourth-order valence-electron chi connectivity index (χ4n) is 14.6. The lowest BCUT2D eigenvalue weighted by atomic mass is 9.86. The number of carbonyl (C=O) groups excluding carboxylic acids is 5. The van der Waals surface area contributed by atoms with E-state index in [0.717, 1.165) is 110 Å². The van der Waals surface area contributed by atoms with Crippen LogP contribution in [-0.4, -0.2) is 143 Å². The average Bonchev–Trinajstić information content (AvgIpc) is 1.58. The van der Waals surface area contributed by atoms with Crippen LogP contribution in [0.3, 0.4) is 0 Å². The Labute approximate surface area is 870 Å². The molecule has 0 spiro atoms. The van der Waals surface area contributed by atoms with Gasteiger partial charge in [-0.1, -0.05) is 181 Å². The van der Waals surface area contributed by atoms with Crippen LogP contribution in [0.5, 0.6) is 0 Å². The number of H-pyrrole nitrogens is 3. The summed E-state index contributed by atoms with van der Waals surface area (Å²) < 4.78 is 35.9. The summed E-state index contributed by atoms with van der Waals surface area (Å²) in [6.45, 7) is 41.9. The van der Waals surface area contributed by atoms with Crippen molar-refractivity contribution in [2.75, 3.05) is 0 Å². The number of aromatic nitrogens is 7. The minimum Gasteiger partial charge on any atom is -0.478 e. The van der Waals surface area contributed by atoms with Gasteiger partial charge in [-0.2, -0.15) is 0 Å². The standard InChI is InChI=1S/C24H24N2O3.C20H32BNO5Si.C20H31NO3Si.C9H5ClIN.2C9H8INO.C9H7NO2.C9H9NO/c1-5-15-10-11-20-17(12-15)14-21(26(20)23(28)29-24(2,3)4)18-13-16-8-6-7-9-19(16)25-22(18)27;1-19(2,3)27-18(23)22-16-10-9-14(11-15(16)12-17(22)21(24)25)13-26-28(7,8)20(4,5)6;1-19(2,3)24-18(22)21-12-11-16-13-15(9-10-17(16)21)14-23-25(7,8)20(4,5)6;10-9-7(11)5-6-3-1-2-4-8(6)12-9;2*10-7-5-6-3-1-2-4-8(6)11-9(7)12;11-9(12)7-1-2-8-6(5-7)3-4-10-8;11-6-7-1-2-9-8(5-7)3-4-10-9/h6-14H,5H2,1-4H3,(H,25,27);9-12,24-25H,13H2,1-8H3;9-13H,14H2,1-8H3;1-5H;2*1-6,8H,(H,11,12);1-5,10H,(H,11,12);1-5,10-11H,6H2. The molecule has 0 saturated carbocycles. The van der Waals surface area contributed by atoms with Gasteiger partial charge in [-0.3, -0.25) is 23.5 Å². The van der Waals surface area contributed by atoms with Gasteiger partial charge in [-0.25, -0.2) is 28.7 Å². The molecule has 740 valence electrons. The van der Waals surface area contributed by atoms with Crippen LogP contribution in [0, 0.1) is 15.4 Å². The Morgan fingerprint density at radius 2 is 0.936 bits per heavy atom. The maximum absolute atomic E-state index is 13.1. The van der Waals surface area contributed by atoms with E-state index in [0.29, 0.717) is 52.5 Å². The van der Waals surface area contributed by atoms with Gasteiger partial charge in [-0.05, 0) is 327 Å². The van der Waals surface area contributed by atoms with E-state index in [1.165, 1.54) is 9.13 Å². The van der Waals surface area contributed by atoms with E-state index >= 15 is 0 Å². The molecule has 4 atom stereocenters. The largest absolute Gasteiger partial charge is 0.506 e. The highest BCUT2D eigenvalue weighted by Gasteiger charge is 2.39. The smallest absolute Gasteiger partial charge is 0.478 e. The molecule has 2 aliphatic carbocycles. The molecule has 7 aromatic carbocycles. The number of ether oxygens (including phenoxy) is 3. The van der Waals surface area contributed by atoms with Gasteiger partial charge in [0.25, 0.3) is 17.4 Å². The van der Waals surface area contributed by atoms with Crippen molar-refractivity contribution in [2.24, 2.45) is 11.8 Å². The van der Waals surface area contributed by atoms with Gasteiger partial charge in [-0.15, -0.1) is 0 Å². The number of aromatic carboxylic acids is 1. The minimum absolute atomic E-state index is 0.0387. The highest BCUT2D eigenvalue weighted by molar-refractivity contribution is 14.1. The van der Waals surface area contributed by atoms with E-state index in [9.17, 15) is 43.6 Å². The van der Waals surface area contributed by atoms with Crippen LogP contribution >= 0.6 is 79.4 Å². The number of hydrogen-bond acceptors (Lipinski definition) is 16. The van der Waals surface area contributed by atoms with Crippen molar-refractivity contribution in [3.63, 3.8) is 0 Å². The summed E-state index contributed by atoms with van der Waals surface area (Å²) in [5.74, 6) is -0.120. The van der Waals surface area contributed by atoms with Crippen LogP contribution in [0.1, 0.15) is 143 Å². The van der Waals surface area contributed by atoms with E-state index < -0.39 is 58.7 Å². The number of fused-ring (bicyclic) bond motifs is 9. The highest BCUT2D eigenvalue weighted by Crippen LogP contribution is 2.40. The topological polar surface area (TPSA) is 346 Å². The number of benzene rings is 7. The van der Waals surface area contributed by atoms with Crippen molar-refractivity contribution < 1.29 is 72.1 Å². The fraction of sp³-hybridized carbons (Fsp3) is 0.303. The van der Waals surface area contributed by atoms with Crippen molar-refractivity contribution in [2.45, 2.75) is 202 Å². The van der Waals surface area contributed by atoms with Crippen molar-refractivity contribution in [1.29, 1.82) is 0 Å². The van der Waals surface area contributed by atoms with Crippen molar-refractivity contribution in [3.8, 4) is 11.3 Å². The van der Waals surface area contributed by atoms with E-state index in [-0.39, 0.29) is 57.8 Å². The Kier molecular flexibility index (Phi) is 36.7. The van der Waals surface area contributed by atoms with Crippen molar-refractivity contribution >= 4 is 221 Å². The number of aliphatic hydroxyl groups is 1. The van der Waals surface area contributed by atoms with Crippen LogP contribution in [0.15, 0.2) is 273 Å². The number of nitrogens with zero attached hydrogens (tertiary/aromatic N) is 4. The fourth-order valence-corrected chi connectivity index (χ4v) is 18.2. The number of hydrogen-bond donors (Lipinski definition) is 9. The van der Waals surface area contributed by atoms with Crippen molar-refractivity contribution in [3.05, 3.63) is 315 Å². The third-order valence-electron chi connectivity index (χ3n) is 24.1. The van der Waals surface area contributed by atoms with Crippen molar-refractivity contribution in [1.82, 2.24) is 44.3 Å². The molecule has 0 saturated heterocycles. The number of halogens is 4. The van der Waals surface area contributed by atoms with Gasteiger partial charge < -0.3 is 68.9 Å². The van der Waals surface area contributed by atoms with Gasteiger partial charge >= 0.3 is 31.4 Å². The lowest BCUT2D eigenvalue weighted by Crippen LogP contribution is -2.42. The molecule has 32 heteroatoms. The van der Waals surface area contributed by atoms with Crippen LogP contribution < -0.4 is 21.8 Å². The van der Waals surface area contributed by atoms with Gasteiger partial charge in [0.15, 0.2) is 16.6 Å². The van der Waals surface area contributed by atoms with Gasteiger partial charge in [0.05, 0.1) is 87.1 Å². The molecule has 2 amide bonds. The highest BCUT2D eigenvalue weighted by atomic mass is 127.